The van der Waals surface area contributed by atoms with Crippen molar-refractivity contribution in [3.63, 3.8) is 0 Å². The average molecular weight is 294 g/mol. The van der Waals surface area contributed by atoms with E-state index in [1.54, 1.807) is 18.4 Å². The fourth-order valence-corrected chi connectivity index (χ4v) is 2.65. The zero-order valence-corrected chi connectivity index (χ0v) is 13.1. The van der Waals surface area contributed by atoms with E-state index in [1.165, 1.54) is 0 Å². The van der Waals surface area contributed by atoms with Crippen molar-refractivity contribution in [2.75, 3.05) is 30.9 Å². The lowest BCUT2D eigenvalue weighted by Crippen LogP contribution is -2.18. The number of aromatic nitrogens is 2. The molecule has 1 atom stereocenters. The second-order valence-electron chi connectivity index (χ2n) is 4.79. The maximum atomic E-state index is 5.12. The first-order chi connectivity index (χ1) is 9.74. The van der Waals surface area contributed by atoms with Crippen LogP contribution >= 0.6 is 11.3 Å². The van der Waals surface area contributed by atoms with Crippen LogP contribution in [0.1, 0.15) is 26.7 Å². The summed E-state index contributed by atoms with van der Waals surface area (Å²) in [6.07, 6.45) is 2.00. The van der Waals surface area contributed by atoms with Crippen LogP contribution in [-0.4, -0.2) is 36.3 Å². The van der Waals surface area contributed by atoms with Crippen LogP contribution < -0.4 is 10.6 Å². The van der Waals surface area contributed by atoms with Gasteiger partial charge in [-0.25, -0.2) is 4.98 Å². The van der Waals surface area contributed by atoms with Crippen molar-refractivity contribution in [3.8, 4) is 0 Å². The molecule has 0 aromatic carbocycles. The van der Waals surface area contributed by atoms with Crippen LogP contribution in [0, 0.1) is 0 Å². The SMILES string of the molecule is CCCNc1nc(NC(C)CCOC)c2ccsc2n1. The minimum Gasteiger partial charge on any atom is -0.385 e. The monoisotopic (exact) mass is 294 g/mol. The molecule has 0 saturated heterocycles. The highest BCUT2D eigenvalue weighted by atomic mass is 32.1. The van der Waals surface area contributed by atoms with Gasteiger partial charge in [0.15, 0.2) is 0 Å². The molecule has 2 aromatic rings. The Morgan fingerprint density at radius 1 is 1.40 bits per heavy atom. The molecule has 0 saturated carbocycles. The van der Waals surface area contributed by atoms with Gasteiger partial charge >= 0.3 is 0 Å². The molecule has 2 heterocycles. The van der Waals surface area contributed by atoms with Gasteiger partial charge in [0.1, 0.15) is 10.6 Å². The lowest BCUT2D eigenvalue weighted by molar-refractivity contribution is 0.191. The van der Waals surface area contributed by atoms with Crippen molar-refractivity contribution in [2.45, 2.75) is 32.7 Å². The van der Waals surface area contributed by atoms with E-state index in [4.69, 9.17) is 4.74 Å². The van der Waals surface area contributed by atoms with E-state index < -0.39 is 0 Å². The molecule has 0 spiro atoms. The van der Waals surface area contributed by atoms with E-state index in [2.05, 4.69) is 40.5 Å². The van der Waals surface area contributed by atoms with Crippen molar-refractivity contribution < 1.29 is 4.74 Å². The number of rotatable bonds is 8. The lowest BCUT2D eigenvalue weighted by Gasteiger charge is -2.15. The summed E-state index contributed by atoms with van der Waals surface area (Å²) in [4.78, 5) is 10.1. The number of nitrogens with zero attached hydrogens (tertiary/aromatic N) is 2. The number of fused-ring (bicyclic) bond motifs is 1. The number of nitrogens with one attached hydrogen (secondary N) is 2. The highest BCUT2D eigenvalue weighted by Gasteiger charge is 2.11. The molecule has 0 aliphatic heterocycles. The van der Waals surface area contributed by atoms with Gasteiger partial charge in [-0.3, -0.25) is 0 Å². The molecule has 0 bridgehead atoms. The van der Waals surface area contributed by atoms with Crippen molar-refractivity contribution in [3.05, 3.63) is 11.4 Å². The van der Waals surface area contributed by atoms with Crippen LogP contribution in [0.4, 0.5) is 11.8 Å². The molecule has 0 fully saturated rings. The topological polar surface area (TPSA) is 59.1 Å². The lowest BCUT2D eigenvalue weighted by atomic mass is 10.2. The molecule has 20 heavy (non-hydrogen) atoms. The Balaban J connectivity index is 2.18. The fourth-order valence-electron chi connectivity index (χ4n) is 1.88. The summed E-state index contributed by atoms with van der Waals surface area (Å²) >= 11 is 1.64. The smallest absolute Gasteiger partial charge is 0.226 e. The number of ether oxygens (including phenoxy) is 1. The second kappa shape index (κ2) is 7.40. The molecule has 0 radical (unpaired) electrons. The van der Waals surface area contributed by atoms with Crippen LogP contribution in [0.15, 0.2) is 11.4 Å². The Bertz CT molecular complexity index is 543. The van der Waals surface area contributed by atoms with Crippen molar-refractivity contribution in [2.24, 2.45) is 0 Å². The van der Waals surface area contributed by atoms with Crippen LogP contribution in [0.2, 0.25) is 0 Å². The molecule has 5 nitrogen and oxygen atoms in total. The van der Waals surface area contributed by atoms with Gasteiger partial charge in [-0.15, -0.1) is 11.3 Å². The molecular formula is C14H22N4OS. The number of anilines is 2. The third-order valence-electron chi connectivity index (χ3n) is 3.00. The standard InChI is InChI=1S/C14H22N4OS/c1-4-7-15-14-17-12(16-10(2)5-8-19-3)11-6-9-20-13(11)18-14/h6,9-10H,4-5,7-8H2,1-3H3,(H2,15,16,17,18). The van der Waals surface area contributed by atoms with Crippen molar-refractivity contribution >= 4 is 33.3 Å². The Morgan fingerprint density at radius 3 is 3.00 bits per heavy atom. The van der Waals surface area contributed by atoms with Crippen LogP contribution in [0.25, 0.3) is 10.2 Å². The third kappa shape index (κ3) is 3.80. The van der Waals surface area contributed by atoms with Gasteiger partial charge in [-0.05, 0) is 31.2 Å². The van der Waals surface area contributed by atoms with Gasteiger partial charge < -0.3 is 15.4 Å². The Kier molecular flexibility index (Phi) is 5.55. The van der Waals surface area contributed by atoms with Gasteiger partial charge in [-0.2, -0.15) is 4.98 Å². The average Bonchev–Trinajstić information content (AvgIpc) is 2.91. The maximum Gasteiger partial charge on any atom is 0.226 e. The first-order valence-electron chi connectivity index (χ1n) is 6.99. The molecule has 0 aliphatic carbocycles. The summed E-state index contributed by atoms with van der Waals surface area (Å²) in [5, 5.41) is 9.85. The Morgan fingerprint density at radius 2 is 2.25 bits per heavy atom. The first-order valence-corrected chi connectivity index (χ1v) is 7.87. The highest BCUT2D eigenvalue weighted by Crippen LogP contribution is 2.27. The molecule has 0 amide bonds. The predicted octanol–water partition coefficient (Wildman–Crippen LogP) is 3.35. The fraction of sp³-hybridized carbons (Fsp3) is 0.571. The van der Waals surface area contributed by atoms with Crippen molar-refractivity contribution in [1.82, 2.24) is 9.97 Å². The van der Waals surface area contributed by atoms with Gasteiger partial charge in [-0.1, -0.05) is 6.92 Å². The zero-order valence-electron chi connectivity index (χ0n) is 12.3. The number of hydrogen-bond acceptors (Lipinski definition) is 6. The molecule has 2 aromatic heterocycles. The summed E-state index contributed by atoms with van der Waals surface area (Å²) < 4.78 is 5.12. The van der Waals surface area contributed by atoms with E-state index in [0.29, 0.717) is 12.0 Å². The quantitative estimate of drug-likeness (QED) is 0.782. The summed E-state index contributed by atoms with van der Waals surface area (Å²) in [6, 6.07) is 2.38. The number of thiophene rings is 1. The van der Waals surface area contributed by atoms with E-state index in [-0.39, 0.29) is 0 Å². The summed E-state index contributed by atoms with van der Waals surface area (Å²) in [7, 11) is 1.72. The third-order valence-corrected chi connectivity index (χ3v) is 3.80. The molecule has 0 aliphatic rings. The molecule has 2 N–H and O–H groups in total. The van der Waals surface area contributed by atoms with E-state index >= 15 is 0 Å². The molecular weight excluding hydrogens is 272 g/mol. The van der Waals surface area contributed by atoms with Crippen molar-refractivity contribution in [1.29, 1.82) is 0 Å². The minimum absolute atomic E-state index is 0.312. The van der Waals surface area contributed by atoms with Gasteiger partial charge in [0.25, 0.3) is 0 Å². The highest BCUT2D eigenvalue weighted by molar-refractivity contribution is 7.16. The molecule has 1 unspecified atom stereocenters. The van der Waals surface area contributed by atoms with E-state index in [1.807, 2.05) is 5.38 Å². The number of hydrogen-bond donors (Lipinski definition) is 2. The Hall–Kier alpha value is -1.40. The zero-order chi connectivity index (χ0) is 14.4. The van der Waals surface area contributed by atoms with Crippen LogP contribution in [0.5, 0.6) is 0 Å². The normalized spacial score (nSPS) is 12.6. The molecule has 2 rings (SSSR count). The summed E-state index contributed by atoms with van der Waals surface area (Å²) in [5.41, 5.74) is 0. The Labute approximate surface area is 123 Å². The van der Waals surface area contributed by atoms with Gasteiger partial charge in [0.05, 0.1) is 5.39 Å². The summed E-state index contributed by atoms with van der Waals surface area (Å²) in [5.74, 6) is 1.60. The van der Waals surface area contributed by atoms with Gasteiger partial charge in [0.2, 0.25) is 5.95 Å². The predicted molar refractivity (Wildman–Crippen MR) is 85.8 cm³/mol. The minimum atomic E-state index is 0.312. The van der Waals surface area contributed by atoms with Crippen LogP contribution in [0.3, 0.4) is 0 Å². The molecule has 110 valence electrons. The summed E-state index contributed by atoms with van der Waals surface area (Å²) in [6.45, 7) is 5.89. The number of methoxy groups -OCH3 is 1. The van der Waals surface area contributed by atoms with Crippen LogP contribution in [-0.2, 0) is 4.74 Å². The second-order valence-corrected chi connectivity index (χ2v) is 5.68. The molecule has 6 heteroatoms. The maximum absolute atomic E-state index is 5.12. The first kappa shape index (κ1) is 15.0. The van der Waals surface area contributed by atoms with E-state index in [9.17, 15) is 0 Å². The van der Waals surface area contributed by atoms with Gasteiger partial charge in [0, 0.05) is 26.3 Å². The van der Waals surface area contributed by atoms with E-state index in [0.717, 1.165) is 42.0 Å². The largest absolute Gasteiger partial charge is 0.385 e.